The van der Waals surface area contributed by atoms with E-state index < -0.39 is 6.10 Å². The van der Waals surface area contributed by atoms with Crippen LogP contribution in [0.25, 0.3) is 11.3 Å². The Kier molecular flexibility index (Phi) is 3.93. The number of hydrogen-bond acceptors (Lipinski definition) is 4. The van der Waals surface area contributed by atoms with Gasteiger partial charge in [-0.1, -0.05) is 17.7 Å². The topological polar surface area (TPSA) is 79.9 Å². The molecule has 0 aliphatic carbocycles. The summed E-state index contributed by atoms with van der Waals surface area (Å²) in [5, 5.41) is 9.87. The zero-order chi connectivity index (χ0) is 17.2. The van der Waals surface area contributed by atoms with Gasteiger partial charge in [-0.25, -0.2) is 0 Å². The van der Waals surface area contributed by atoms with Crippen molar-refractivity contribution in [1.82, 2.24) is 15.2 Å². The summed E-state index contributed by atoms with van der Waals surface area (Å²) in [6.07, 6.45) is 4.43. The molecule has 0 saturated heterocycles. The normalized spacial score (nSPS) is 16.0. The summed E-state index contributed by atoms with van der Waals surface area (Å²) < 4.78 is 5.85. The van der Waals surface area contributed by atoms with Crippen molar-refractivity contribution in [3.8, 4) is 17.0 Å². The Bertz CT molecular complexity index is 905. The first-order valence-electron chi connectivity index (χ1n) is 8.22. The molecule has 1 aromatic carbocycles. The summed E-state index contributed by atoms with van der Waals surface area (Å²) in [5.74, 6) is 1.08. The Balaban J connectivity index is 1.44. The average molecular weight is 334 g/mol. The highest BCUT2D eigenvalue weighted by Gasteiger charge is 2.26. The zero-order valence-electron chi connectivity index (χ0n) is 13.8. The number of nitrogens with one attached hydrogen (secondary N) is 2. The maximum absolute atomic E-state index is 12.5. The highest BCUT2D eigenvalue weighted by atomic mass is 16.5. The minimum atomic E-state index is -0.506. The van der Waals surface area contributed by atoms with Gasteiger partial charge in [-0.3, -0.25) is 14.9 Å². The van der Waals surface area contributed by atoms with Crippen LogP contribution in [0.5, 0.6) is 5.75 Å². The van der Waals surface area contributed by atoms with Crippen LogP contribution in [0.4, 0.5) is 5.82 Å². The molecule has 1 amide bonds. The molecule has 1 unspecified atom stereocenters. The van der Waals surface area contributed by atoms with Gasteiger partial charge in [0.2, 0.25) is 0 Å². The maximum Gasteiger partial charge on any atom is 0.266 e. The molecule has 25 heavy (non-hydrogen) atoms. The van der Waals surface area contributed by atoms with E-state index in [-0.39, 0.29) is 5.91 Å². The summed E-state index contributed by atoms with van der Waals surface area (Å²) in [6.45, 7) is 2.05. The highest BCUT2D eigenvalue weighted by molar-refractivity contribution is 5.94. The molecule has 0 saturated carbocycles. The lowest BCUT2D eigenvalue weighted by Gasteiger charge is -2.25. The fourth-order valence-corrected chi connectivity index (χ4v) is 2.96. The second kappa shape index (κ2) is 6.39. The number of amides is 1. The van der Waals surface area contributed by atoms with Crippen LogP contribution in [-0.2, 0) is 11.2 Å². The standard InChI is InChI=1S/C19H18N4O2/c1-12-4-6-16-13(9-12)5-7-17(25-16)19(24)21-18-10-15(22-23-18)14-3-2-8-20-11-14/h2-4,6,8-11,17H,5,7H2,1H3,(H2,21,22,23,24). The van der Waals surface area contributed by atoms with Crippen molar-refractivity contribution in [2.75, 3.05) is 5.32 Å². The molecule has 4 rings (SSSR count). The number of H-pyrrole nitrogens is 1. The predicted molar refractivity (Wildman–Crippen MR) is 94.4 cm³/mol. The van der Waals surface area contributed by atoms with Crippen LogP contribution in [0.3, 0.4) is 0 Å². The second-order valence-electron chi connectivity index (χ2n) is 6.15. The lowest BCUT2D eigenvalue weighted by Crippen LogP contribution is -2.35. The van der Waals surface area contributed by atoms with Crippen LogP contribution in [-0.4, -0.2) is 27.2 Å². The van der Waals surface area contributed by atoms with Crippen molar-refractivity contribution in [2.45, 2.75) is 25.9 Å². The predicted octanol–water partition coefficient (Wildman–Crippen LogP) is 3.11. The van der Waals surface area contributed by atoms with Crippen molar-refractivity contribution in [3.05, 3.63) is 59.9 Å². The van der Waals surface area contributed by atoms with E-state index in [0.29, 0.717) is 12.2 Å². The van der Waals surface area contributed by atoms with Gasteiger partial charge in [0.25, 0.3) is 5.91 Å². The lowest BCUT2D eigenvalue weighted by atomic mass is 10.00. The monoisotopic (exact) mass is 334 g/mol. The molecule has 6 heteroatoms. The van der Waals surface area contributed by atoms with Crippen molar-refractivity contribution in [1.29, 1.82) is 0 Å². The van der Waals surface area contributed by atoms with Crippen LogP contribution in [0.1, 0.15) is 17.5 Å². The largest absolute Gasteiger partial charge is 0.480 e. The van der Waals surface area contributed by atoms with Crippen LogP contribution < -0.4 is 10.1 Å². The SMILES string of the molecule is Cc1ccc2c(c1)CCC(C(=O)Nc1cc(-c3cccnc3)[nH]n1)O2. The van der Waals surface area contributed by atoms with E-state index in [1.807, 2.05) is 24.3 Å². The molecular formula is C19H18N4O2. The van der Waals surface area contributed by atoms with E-state index >= 15 is 0 Å². The Hall–Kier alpha value is -3.15. The van der Waals surface area contributed by atoms with Crippen molar-refractivity contribution in [2.24, 2.45) is 0 Å². The first-order chi connectivity index (χ1) is 12.2. The van der Waals surface area contributed by atoms with E-state index in [1.165, 1.54) is 5.56 Å². The van der Waals surface area contributed by atoms with E-state index in [2.05, 4.69) is 33.5 Å². The fourth-order valence-electron chi connectivity index (χ4n) is 2.96. The van der Waals surface area contributed by atoms with Gasteiger partial charge in [0.1, 0.15) is 5.75 Å². The fraction of sp³-hybridized carbons (Fsp3) is 0.211. The molecule has 0 bridgehead atoms. The molecule has 1 aliphatic heterocycles. The number of ether oxygens (including phenoxy) is 1. The van der Waals surface area contributed by atoms with Crippen molar-refractivity contribution in [3.63, 3.8) is 0 Å². The van der Waals surface area contributed by atoms with Gasteiger partial charge in [0.05, 0.1) is 5.69 Å². The summed E-state index contributed by atoms with van der Waals surface area (Å²) in [7, 11) is 0. The van der Waals surface area contributed by atoms with Gasteiger partial charge in [-0.05, 0) is 43.5 Å². The summed E-state index contributed by atoms with van der Waals surface area (Å²) >= 11 is 0. The van der Waals surface area contributed by atoms with Crippen molar-refractivity contribution >= 4 is 11.7 Å². The third-order valence-electron chi connectivity index (χ3n) is 4.26. The molecule has 2 aromatic heterocycles. The number of aromatic nitrogens is 3. The van der Waals surface area contributed by atoms with Gasteiger partial charge in [0.15, 0.2) is 11.9 Å². The number of hydrogen-bond donors (Lipinski definition) is 2. The molecular weight excluding hydrogens is 316 g/mol. The lowest BCUT2D eigenvalue weighted by molar-refractivity contribution is -0.123. The second-order valence-corrected chi connectivity index (χ2v) is 6.15. The summed E-state index contributed by atoms with van der Waals surface area (Å²) in [5.41, 5.74) is 4.06. The number of rotatable bonds is 3. The van der Waals surface area contributed by atoms with Crippen LogP contribution in [0.15, 0.2) is 48.8 Å². The van der Waals surface area contributed by atoms with E-state index in [0.717, 1.165) is 29.0 Å². The molecule has 0 spiro atoms. The third-order valence-corrected chi connectivity index (χ3v) is 4.26. The number of carbonyl (C=O) groups is 1. The van der Waals surface area contributed by atoms with Gasteiger partial charge in [-0.15, -0.1) is 0 Å². The Labute approximate surface area is 145 Å². The molecule has 1 aliphatic rings. The Morgan fingerprint density at radius 3 is 3.08 bits per heavy atom. The number of pyridine rings is 1. The van der Waals surface area contributed by atoms with E-state index in [9.17, 15) is 4.79 Å². The molecule has 126 valence electrons. The molecule has 0 radical (unpaired) electrons. The van der Waals surface area contributed by atoms with Gasteiger partial charge in [0, 0.05) is 24.0 Å². The van der Waals surface area contributed by atoms with Crippen LogP contribution >= 0.6 is 0 Å². The highest BCUT2D eigenvalue weighted by Crippen LogP contribution is 2.29. The number of aromatic amines is 1. The Morgan fingerprint density at radius 2 is 2.24 bits per heavy atom. The Morgan fingerprint density at radius 1 is 1.32 bits per heavy atom. The van der Waals surface area contributed by atoms with Crippen LogP contribution in [0.2, 0.25) is 0 Å². The molecule has 2 N–H and O–H groups in total. The van der Waals surface area contributed by atoms with Crippen LogP contribution in [0, 0.1) is 6.92 Å². The molecule has 1 atom stereocenters. The number of nitrogens with zero attached hydrogens (tertiary/aromatic N) is 2. The minimum Gasteiger partial charge on any atom is -0.480 e. The molecule has 0 fully saturated rings. The van der Waals surface area contributed by atoms with Gasteiger partial charge >= 0.3 is 0 Å². The zero-order valence-corrected chi connectivity index (χ0v) is 13.8. The number of anilines is 1. The minimum absolute atomic E-state index is 0.185. The van der Waals surface area contributed by atoms with E-state index in [1.54, 1.807) is 18.5 Å². The van der Waals surface area contributed by atoms with Gasteiger partial charge < -0.3 is 10.1 Å². The summed E-state index contributed by atoms with van der Waals surface area (Å²) in [4.78, 5) is 16.6. The van der Waals surface area contributed by atoms with E-state index in [4.69, 9.17) is 4.74 Å². The van der Waals surface area contributed by atoms with Crippen molar-refractivity contribution < 1.29 is 9.53 Å². The number of fused-ring (bicyclic) bond motifs is 1. The first-order valence-corrected chi connectivity index (χ1v) is 8.22. The number of benzene rings is 1. The summed E-state index contributed by atoms with van der Waals surface area (Å²) in [6, 6.07) is 11.6. The van der Waals surface area contributed by atoms with Gasteiger partial charge in [-0.2, -0.15) is 5.10 Å². The molecule has 3 heterocycles. The quantitative estimate of drug-likeness (QED) is 0.771. The number of aryl methyl sites for hydroxylation is 2. The number of carbonyl (C=O) groups excluding carboxylic acids is 1. The molecule has 6 nitrogen and oxygen atoms in total. The third kappa shape index (κ3) is 3.24. The molecule has 3 aromatic rings. The first kappa shape index (κ1) is 15.4. The smallest absolute Gasteiger partial charge is 0.266 e. The average Bonchev–Trinajstić information content (AvgIpc) is 3.10. The maximum atomic E-state index is 12.5.